The standard InChI is InChI=1S/C41H57/c1-9-12-13-16-34(15-10-2)21-22-39(28-31(4)27-35-20-19-32(5)40(30-35)41(6,7)8)37-25-23-36(24-26-37)38-18-14-17-33(11-3)29-38/h14,17-20,23-26,29-30,34,39H,1,4,9-13,15-16,21-22,27-28H2,2-3,5-8H3/q-1. The van der Waals surface area contributed by atoms with Crippen LogP contribution in [0.2, 0.25) is 0 Å². The fourth-order valence-corrected chi connectivity index (χ4v) is 6.49. The molecule has 0 saturated heterocycles. The third-order valence-corrected chi connectivity index (χ3v) is 8.88. The van der Waals surface area contributed by atoms with Crippen LogP contribution in [0.3, 0.4) is 0 Å². The molecule has 0 heterocycles. The number of unbranched alkanes of at least 4 members (excludes halogenated alkanes) is 2. The Hall–Kier alpha value is -2.60. The highest BCUT2D eigenvalue weighted by molar-refractivity contribution is 5.64. The van der Waals surface area contributed by atoms with Gasteiger partial charge in [-0.25, -0.2) is 0 Å². The van der Waals surface area contributed by atoms with Gasteiger partial charge in [0.1, 0.15) is 0 Å². The van der Waals surface area contributed by atoms with E-state index >= 15 is 0 Å². The molecule has 0 aliphatic heterocycles. The van der Waals surface area contributed by atoms with E-state index in [4.69, 9.17) is 0 Å². The van der Waals surface area contributed by atoms with Crippen LogP contribution in [0, 0.1) is 19.8 Å². The van der Waals surface area contributed by atoms with Crippen molar-refractivity contribution in [2.45, 2.75) is 124 Å². The minimum Gasteiger partial charge on any atom is -0.343 e. The van der Waals surface area contributed by atoms with Gasteiger partial charge in [0.25, 0.3) is 0 Å². The van der Waals surface area contributed by atoms with E-state index in [1.807, 2.05) is 0 Å². The Morgan fingerprint density at radius 3 is 2.22 bits per heavy atom. The summed E-state index contributed by atoms with van der Waals surface area (Å²) >= 11 is 0. The SMILES string of the molecule is C=C(Cc1ccc(C)c(C(C)(C)C)c1)CC(CCC(CCC)CCCC[CH2-])c1ccc(-c2cccc(CC)c2)cc1. The van der Waals surface area contributed by atoms with Gasteiger partial charge in [-0.15, -0.1) is 0 Å². The van der Waals surface area contributed by atoms with Crippen LogP contribution >= 0.6 is 0 Å². The van der Waals surface area contributed by atoms with Gasteiger partial charge in [0, 0.05) is 0 Å². The molecule has 0 N–H and O–H groups in total. The van der Waals surface area contributed by atoms with E-state index in [1.165, 1.54) is 89.5 Å². The second-order valence-electron chi connectivity index (χ2n) is 13.5. The van der Waals surface area contributed by atoms with Crippen molar-refractivity contribution in [3.63, 3.8) is 0 Å². The Bertz CT molecular complexity index is 1200. The molecule has 0 nitrogen and oxygen atoms in total. The van der Waals surface area contributed by atoms with Gasteiger partial charge < -0.3 is 6.92 Å². The average molecular weight is 550 g/mol. The molecular weight excluding hydrogens is 492 g/mol. The summed E-state index contributed by atoms with van der Waals surface area (Å²) in [6.07, 6.45) is 13.2. The van der Waals surface area contributed by atoms with Crippen molar-refractivity contribution in [1.29, 1.82) is 0 Å². The van der Waals surface area contributed by atoms with Gasteiger partial charge in [-0.3, -0.25) is 0 Å². The first-order valence-corrected chi connectivity index (χ1v) is 16.4. The molecule has 0 aliphatic carbocycles. The number of hydrogen-bond acceptors (Lipinski definition) is 0. The number of hydrogen-bond donors (Lipinski definition) is 0. The normalized spacial score (nSPS) is 13.2. The Kier molecular flexibility index (Phi) is 13.0. The quantitative estimate of drug-likeness (QED) is 0.0946. The first-order valence-electron chi connectivity index (χ1n) is 16.4. The molecule has 0 aliphatic rings. The molecule has 0 radical (unpaired) electrons. The van der Waals surface area contributed by atoms with Gasteiger partial charge in [-0.05, 0) is 95.2 Å². The van der Waals surface area contributed by atoms with E-state index in [1.54, 1.807) is 0 Å². The highest BCUT2D eigenvalue weighted by Gasteiger charge is 2.19. The minimum absolute atomic E-state index is 0.157. The summed E-state index contributed by atoms with van der Waals surface area (Å²) in [4.78, 5) is 0. The van der Waals surface area contributed by atoms with Gasteiger partial charge in [-0.2, -0.15) is 6.42 Å². The smallest absolute Gasteiger partial charge is 0.00695 e. The third kappa shape index (κ3) is 10.3. The van der Waals surface area contributed by atoms with Gasteiger partial charge in [0.2, 0.25) is 0 Å². The maximum Gasteiger partial charge on any atom is -0.00695 e. The fraction of sp³-hybridized carbons (Fsp3) is 0.488. The number of benzene rings is 3. The molecule has 3 rings (SSSR count). The summed E-state index contributed by atoms with van der Waals surface area (Å²) in [5.74, 6) is 1.34. The first-order chi connectivity index (χ1) is 19.6. The Morgan fingerprint density at radius 2 is 1.56 bits per heavy atom. The van der Waals surface area contributed by atoms with Crippen LogP contribution in [0.5, 0.6) is 0 Å². The monoisotopic (exact) mass is 549 g/mol. The highest BCUT2D eigenvalue weighted by Crippen LogP contribution is 2.35. The van der Waals surface area contributed by atoms with Crippen molar-refractivity contribution in [1.82, 2.24) is 0 Å². The van der Waals surface area contributed by atoms with E-state index in [9.17, 15) is 0 Å². The summed E-state index contributed by atoms with van der Waals surface area (Å²) in [6, 6.07) is 25.5. The molecule has 2 unspecified atom stereocenters. The molecule has 0 bridgehead atoms. The topological polar surface area (TPSA) is 0 Å². The Labute approximate surface area is 253 Å². The van der Waals surface area contributed by atoms with Crippen molar-refractivity contribution in [2.75, 3.05) is 0 Å². The maximum absolute atomic E-state index is 4.63. The van der Waals surface area contributed by atoms with Gasteiger partial charge in [-0.1, -0.05) is 146 Å². The van der Waals surface area contributed by atoms with Crippen LogP contribution in [0.25, 0.3) is 11.1 Å². The summed E-state index contributed by atoms with van der Waals surface area (Å²) in [5.41, 5.74) is 11.2. The molecule has 41 heavy (non-hydrogen) atoms. The first kappa shape index (κ1) is 32.9. The van der Waals surface area contributed by atoms with E-state index in [0.717, 1.165) is 31.6 Å². The molecule has 0 saturated carbocycles. The van der Waals surface area contributed by atoms with Crippen LogP contribution in [0.1, 0.15) is 126 Å². The third-order valence-electron chi connectivity index (χ3n) is 8.88. The minimum atomic E-state index is 0.157. The highest BCUT2D eigenvalue weighted by atomic mass is 14.2. The summed E-state index contributed by atoms with van der Waals surface area (Å²) in [5, 5.41) is 0. The van der Waals surface area contributed by atoms with E-state index in [-0.39, 0.29) is 5.41 Å². The molecule has 222 valence electrons. The Morgan fingerprint density at radius 1 is 0.805 bits per heavy atom. The lowest BCUT2D eigenvalue weighted by atomic mass is 9.81. The molecule has 0 fully saturated rings. The van der Waals surface area contributed by atoms with Crippen molar-refractivity contribution in [3.8, 4) is 11.1 Å². The molecule has 3 aromatic carbocycles. The predicted molar refractivity (Wildman–Crippen MR) is 183 cm³/mol. The maximum atomic E-state index is 4.63. The van der Waals surface area contributed by atoms with Crippen LogP contribution < -0.4 is 0 Å². The van der Waals surface area contributed by atoms with Crippen molar-refractivity contribution >= 4 is 0 Å². The largest absolute Gasteiger partial charge is 0.343 e. The fourth-order valence-electron chi connectivity index (χ4n) is 6.49. The molecule has 2 atom stereocenters. The van der Waals surface area contributed by atoms with Crippen molar-refractivity contribution in [2.24, 2.45) is 5.92 Å². The molecule has 0 heteroatoms. The van der Waals surface area contributed by atoms with Gasteiger partial charge in [0.05, 0.1) is 0 Å². The van der Waals surface area contributed by atoms with Crippen LogP contribution in [-0.4, -0.2) is 0 Å². The lowest BCUT2D eigenvalue weighted by molar-refractivity contribution is 0.373. The lowest BCUT2D eigenvalue weighted by Crippen LogP contribution is -2.13. The molecule has 3 aromatic rings. The van der Waals surface area contributed by atoms with Crippen LogP contribution in [0.4, 0.5) is 0 Å². The second kappa shape index (κ2) is 16.1. The zero-order valence-corrected chi connectivity index (χ0v) is 27.2. The Balaban J connectivity index is 1.80. The zero-order chi connectivity index (χ0) is 29.8. The van der Waals surface area contributed by atoms with E-state index in [0.29, 0.717) is 5.92 Å². The number of aryl methyl sites for hydroxylation is 2. The number of allylic oxidation sites excluding steroid dienone is 1. The zero-order valence-electron chi connectivity index (χ0n) is 27.2. The summed E-state index contributed by atoms with van der Waals surface area (Å²) in [6.45, 7) is 22.4. The predicted octanol–water partition coefficient (Wildman–Crippen LogP) is 12.4. The van der Waals surface area contributed by atoms with Gasteiger partial charge >= 0.3 is 0 Å². The molecule has 0 aromatic heterocycles. The second-order valence-corrected chi connectivity index (χ2v) is 13.5. The van der Waals surface area contributed by atoms with Crippen LogP contribution in [-0.2, 0) is 18.3 Å². The average Bonchev–Trinajstić information content (AvgIpc) is 2.95. The van der Waals surface area contributed by atoms with Crippen molar-refractivity contribution < 1.29 is 0 Å². The number of rotatable bonds is 16. The lowest BCUT2D eigenvalue weighted by Gasteiger charge is -2.24. The van der Waals surface area contributed by atoms with E-state index in [2.05, 4.69) is 122 Å². The summed E-state index contributed by atoms with van der Waals surface area (Å²) < 4.78 is 0. The molecule has 0 amide bonds. The molecular formula is C41H57-. The van der Waals surface area contributed by atoms with E-state index < -0.39 is 0 Å². The van der Waals surface area contributed by atoms with Crippen molar-refractivity contribution in [3.05, 3.63) is 114 Å². The van der Waals surface area contributed by atoms with Gasteiger partial charge in [0.15, 0.2) is 0 Å². The van der Waals surface area contributed by atoms with Crippen LogP contribution in [0.15, 0.2) is 78.9 Å². The molecule has 0 spiro atoms. The summed E-state index contributed by atoms with van der Waals surface area (Å²) in [7, 11) is 0.